The number of benzene rings is 2. The second kappa shape index (κ2) is 7.24. The summed E-state index contributed by atoms with van der Waals surface area (Å²) >= 11 is 0. The van der Waals surface area contributed by atoms with Crippen LogP contribution in [0.3, 0.4) is 0 Å². The van der Waals surface area contributed by atoms with E-state index in [0.717, 1.165) is 41.5 Å². The van der Waals surface area contributed by atoms with E-state index in [1.807, 2.05) is 31.2 Å². The van der Waals surface area contributed by atoms with E-state index in [4.69, 9.17) is 9.47 Å². The molecule has 4 rings (SSSR count). The van der Waals surface area contributed by atoms with Crippen LogP contribution in [0, 0.1) is 5.92 Å². The van der Waals surface area contributed by atoms with Gasteiger partial charge in [-0.15, -0.1) is 0 Å². The lowest BCUT2D eigenvalue weighted by atomic mass is 9.86. The van der Waals surface area contributed by atoms with Crippen LogP contribution in [0.1, 0.15) is 30.2 Å². The maximum atomic E-state index is 12.1. The lowest BCUT2D eigenvalue weighted by Crippen LogP contribution is -2.24. The third-order valence-electron chi connectivity index (χ3n) is 5.03. The molecule has 0 spiro atoms. The molecule has 1 aliphatic carbocycles. The minimum absolute atomic E-state index is 0.0460. The molecular formula is C22H23NO3. The van der Waals surface area contributed by atoms with E-state index in [2.05, 4.69) is 29.2 Å². The standard InChI is InChI=1S/C22H23NO3/c1-2-25-22(24)16-8-10-20-18(12-16)19-13-17(9-11-21(19)23-20)26-14-15-6-4-3-5-7-15/h3-7,9,11,13,16,23H,2,8,10,12,14H2,1H3/t16-/m1/s1. The molecule has 0 saturated heterocycles. The van der Waals surface area contributed by atoms with Crippen molar-refractivity contribution in [2.45, 2.75) is 32.8 Å². The Labute approximate surface area is 153 Å². The number of fused-ring (bicyclic) bond motifs is 3. The monoisotopic (exact) mass is 349 g/mol. The average molecular weight is 349 g/mol. The van der Waals surface area contributed by atoms with Gasteiger partial charge in [0.05, 0.1) is 12.5 Å². The van der Waals surface area contributed by atoms with Crippen molar-refractivity contribution in [3.63, 3.8) is 0 Å². The number of esters is 1. The van der Waals surface area contributed by atoms with Gasteiger partial charge in [-0.2, -0.15) is 0 Å². The molecule has 0 amide bonds. The molecule has 1 aliphatic rings. The number of nitrogens with one attached hydrogen (secondary N) is 1. The van der Waals surface area contributed by atoms with E-state index in [-0.39, 0.29) is 11.9 Å². The zero-order valence-electron chi connectivity index (χ0n) is 15.0. The van der Waals surface area contributed by atoms with Gasteiger partial charge in [0, 0.05) is 16.6 Å². The normalized spacial score (nSPS) is 16.3. The zero-order valence-corrected chi connectivity index (χ0v) is 15.0. The van der Waals surface area contributed by atoms with Crippen LogP contribution >= 0.6 is 0 Å². The second-order valence-corrected chi connectivity index (χ2v) is 6.76. The van der Waals surface area contributed by atoms with Crippen molar-refractivity contribution in [3.05, 3.63) is 65.4 Å². The lowest BCUT2D eigenvalue weighted by Gasteiger charge is -2.20. The van der Waals surface area contributed by atoms with Crippen LogP contribution in [0.15, 0.2) is 48.5 Å². The molecule has 1 atom stereocenters. The number of aryl methyl sites for hydroxylation is 1. The Bertz CT molecular complexity index is 914. The van der Waals surface area contributed by atoms with Crippen LogP contribution in [-0.2, 0) is 29.0 Å². The van der Waals surface area contributed by atoms with Gasteiger partial charge in [-0.1, -0.05) is 30.3 Å². The summed E-state index contributed by atoms with van der Waals surface area (Å²) in [5.41, 5.74) is 4.72. The van der Waals surface area contributed by atoms with E-state index >= 15 is 0 Å². The van der Waals surface area contributed by atoms with Crippen LogP contribution in [0.4, 0.5) is 0 Å². The predicted molar refractivity (Wildman–Crippen MR) is 101 cm³/mol. The minimum atomic E-state index is -0.0796. The van der Waals surface area contributed by atoms with Gasteiger partial charge in [-0.05, 0) is 55.5 Å². The Hall–Kier alpha value is -2.75. The largest absolute Gasteiger partial charge is 0.489 e. The quantitative estimate of drug-likeness (QED) is 0.694. The van der Waals surface area contributed by atoms with Crippen molar-refractivity contribution in [1.82, 2.24) is 4.98 Å². The van der Waals surface area contributed by atoms with Crippen molar-refractivity contribution in [2.75, 3.05) is 6.61 Å². The van der Waals surface area contributed by atoms with E-state index in [0.29, 0.717) is 13.2 Å². The fourth-order valence-electron chi connectivity index (χ4n) is 3.69. The number of carbonyl (C=O) groups is 1. The fraction of sp³-hybridized carbons (Fsp3) is 0.318. The molecule has 2 aromatic carbocycles. The van der Waals surface area contributed by atoms with Gasteiger partial charge < -0.3 is 14.5 Å². The number of H-pyrrole nitrogens is 1. The summed E-state index contributed by atoms with van der Waals surface area (Å²) in [5.74, 6) is 0.723. The van der Waals surface area contributed by atoms with E-state index in [1.54, 1.807) is 0 Å². The molecule has 0 radical (unpaired) electrons. The van der Waals surface area contributed by atoms with Crippen LogP contribution in [0.2, 0.25) is 0 Å². The van der Waals surface area contributed by atoms with Gasteiger partial charge in [0.1, 0.15) is 12.4 Å². The summed E-state index contributed by atoms with van der Waals surface area (Å²) in [6.07, 6.45) is 2.46. The first-order chi connectivity index (χ1) is 12.7. The van der Waals surface area contributed by atoms with E-state index < -0.39 is 0 Å². The first kappa shape index (κ1) is 16.7. The number of hydrogen-bond donors (Lipinski definition) is 1. The van der Waals surface area contributed by atoms with Crippen molar-refractivity contribution in [3.8, 4) is 5.75 Å². The van der Waals surface area contributed by atoms with Crippen molar-refractivity contribution >= 4 is 16.9 Å². The molecule has 4 heteroatoms. The summed E-state index contributed by atoms with van der Waals surface area (Å²) < 4.78 is 11.2. The highest BCUT2D eigenvalue weighted by Gasteiger charge is 2.28. The molecule has 0 saturated carbocycles. The summed E-state index contributed by atoms with van der Waals surface area (Å²) in [7, 11) is 0. The van der Waals surface area contributed by atoms with Gasteiger partial charge >= 0.3 is 5.97 Å². The SMILES string of the molecule is CCOC(=O)[C@@H]1CCc2[nH]c3ccc(OCc4ccccc4)cc3c2C1. The van der Waals surface area contributed by atoms with E-state index in [9.17, 15) is 4.79 Å². The molecule has 0 unspecified atom stereocenters. The summed E-state index contributed by atoms with van der Waals surface area (Å²) in [6.45, 7) is 2.84. The summed E-state index contributed by atoms with van der Waals surface area (Å²) in [6, 6.07) is 16.3. The molecule has 0 bridgehead atoms. The Morgan fingerprint density at radius 1 is 1.19 bits per heavy atom. The lowest BCUT2D eigenvalue weighted by molar-refractivity contribution is -0.148. The first-order valence-electron chi connectivity index (χ1n) is 9.21. The molecule has 1 heterocycles. The van der Waals surface area contributed by atoms with Crippen molar-refractivity contribution in [2.24, 2.45) is 5.92 Å². The topological polar surface area (TPSA) is 51.3 Å². The molecule has 134 valence electrons. The van der Waals surface area contributed by atoms with Gasteiger partial charge in [0.15, 0.2) is 0 Å². The highest BCUT2D eigenvalue weighted by atomic mass is 16.5. The third kappa shape index (κ3) is 3.32. The number of carbonyl (C=O) groups excluding carboxylic acids is 1. The molecule has 0 aliphatic heterocycles. The molecule has 1 aromatic heterocycles. The van der Waals surface area contributed by atoms with Crippen molar-refractivity contribution < 1.29 is 14.3 Å². The molecule has 26 heavy (non-hydrogen) atoms. The number of aromatic amines is 1. The second-order valence-electron chi connectivity index (χ2n) is 6.76. The number of aromatic nitrogens is 1. The van der Waals surface area contributed by atoms with Gasteiger partial charge in [0.2, 0.25) is 0 Å². The van der Waals surface area contributed by atoms with Crippen LogP contribution in [0.5, 0.6) is 5.75 Å². The Balaban J connectivity index is 1.56. The number of ether oxygens (including phenoxy) is 2. The minimum Gasteiger partial charge on any atom is -0.489 e. The Morgan fingerprint density at radius 3 is 2.85 bits per heavy atom. The first-order valence-corrected chi connectivity index (χ1v) is 9.21. The van der Waals surface area contributed by atoms with Gasteiger partial charge in [0.25, 0.3) is 0 Å². The number of hydrogen-bond acceptors (Lipinski definition) is 3. The maximum Gasteiger partial charge on any atom is 0.309 e. The fourth-order valence-corrected chi connectivity index (χ4v) is 3.69. The molecule has 4 nitrogen and oxygen atoms in total. The Morgan fingerprint density at radius 2 is 2.04 bits per heavy atom. The zero-order chi connectivity index (χ0) is 17.9. The molecular weight excluding hydrogens is 326 g/mol. The predicted octanol–water partition coefficient (Wildman–Crippen LogP) is 4.41. The highest BCUT2D eigenvalue weighted by molar-refractivity contribution is 5.87. The summed E-state index contributed by atoms with van der Waals surface area (Å²) in [5, 5.41) is 1.15. The summed E-state index contributed by atoms with van der Waals surface area (Å²) in [4.78, 5) is 15.6. The van der Waals surface area contributed by atoms with Gasteiger partial charge in [-0.25, -0.2) is 0 Å². The van der Waals surface area contributed by atoms with Crippen LogP contribution < -0.4 is 4.74 Å². The average Bonchev–Trinajstić information content (AvgIpc) is 3.04. The van der Waals surface area contributed by atoms with Crippen LogP contribution in [0.25, 0.3) is 10.9 Å². The van der Waals surface area contributed by atoms with Gasteiger partial charge in [-0.3, -0.25) is 4.79 Å². The smallest absolute Gasteiger partial charge is 0.309 e. The highest BCUT2D eigenvalue weighted by Crippen LogP contribution is 2.34. The van der Waals surface area contributed by atoms with E-state index in [1.165, 1.54) is 11.3 Å². The molecule has 1 N–H and O–H groups in total. The number of rotatable bonds is 5. The maximum absolute atomic E-state index is 12.1. The molecule has 3 aromatic rings. The Kier molecular flexibility index (Phi) is 4.65. The molecule has 0 fully saturated rings. The van der Waals surface area contributed by atoms with Crippen molar-refractivity contribution in [1.29, 1.82) is 0 Å². The van der Waals surface area contributed by atoms with Crippen LogP contribution in [-0.4, -0.2) is 17.6 Å². The third-order valence-corrected chi connectivity index (χ3v) is 5.03.